The van der Waals surface area contributed by atoms with E-state index in [9.17, 15) is 13.2 Å². The van der Waals surface area contributed by atoms with Gasteiger partial charge in [0.15, 0.2) is 0 Å². The Kier molecular flexibility index (Phi) is 7.71. The first-order chi connectivity index (χ1) is 13.2. The molecule has 0 unspecified atom stereocenters. The average molecular weight is 425 g/mol. The van der Waals surface area contributed by atoms with Crippen molar-refractivity contribution < 1.29 is 17.9 Å². The third-order valence-electron chi connectivity index (χ3n) is 4.16. The molecule has 0 radical (unpaired) electrons. The molecule has 2 aromatic carbocycles. The molecular formula is C20H25ClN2O4S. The van der Waals surface area contributed by atoms with Crippen molar-refractivity contribution in [2.45, 2.75) is 26.3 Å². The van der Waals surface area contributed by atoms with Gasteiger partial charge in [0.1, 0.15) is 18.4 Å². The summed E-state index contributed by atoms with van der Waals surface area (Å²) in [6, 6.07) is 13.1. The molecule has 0 saturated carbocycles. The van der Waals surface area contributed by atoms with Crippen LogP contribution in [0.3, 0.4) is 0 Å². The van der Waals surface area contributed by atoms with E-state index in [-0.39, 0.29) is 19.1 Å². The van der Waals surface area contributed by atoms with Gasteiger partial charge in [-0.2, -0.15) is 0 Å². The van der Waals surface area contributed by atoms with Gasteiger partial charge in [0, 0.05) is 5.02 Å². The summed E-state index contributed by atoms with van der Waals surface area (Å²) in [5, 5.41) is 3.25. The summed E-state index contributed by atoms with van der Waals surface area (Å²) in [5.74, 6) is 0.374. The fourth-order valence-corrected chi connectivity index (χ4v) is 4.16. The van der Waals surface area contributed by atoms with E-state index >= 15 is 0 Å². The van der Waals surface area contributed by atoms with Gasteiger partial charge in [0.25, 0.3) is 0 Å². The number of hydrogen-bond acceptors (Lipinski definition) is 4. The van der Waals surface area contributed by atoms with Crippen LogP contribution in [0.5, 0.6) is 5.75 Å². The summed E-state index contributed by atoms with van der Waals surface area (Å²) in [5.41, 5.74) is 1.40. The molecule has 2 rings (SSSR count). The fraction of sp³-hybridized carbons (Fsp3) is 0.350. The highest BCUT2D eigenvalue weighted by atomic mass is 35.5. The first-order valence-electron chi connectivity index (χ1n) is 8.95. The number of hydrogen-bond donors (Lipinski definition) is 1. The van der Waals surface area contributed by atoms with Crippen LogP contribution in [-0.4, -0.2) is 39.8 Å². The summed E-state index contributed by atoms with van der Waals surface area (Å²) in [4.78, 5) is 12.7. The van der Waals surface area contributed by atoms with Crippen molar-refractivity contribution in [3.63, 3.8) is 0 Å². The van der Waals surface area contributed by atoms with Crippen molar-refractivity contribution in [1.82, 2.24) is 5.32 Å². The first kappa shape index (κ1) is 22.0. The highest BCUT2D eigenvalue weighted by Gasteiger charge is 2.31. The third-order valence-corrected chi connectivity index (χ3v) is 5.60. The van der Waals surface area contributed by atoms with Gasteiger partial charge in [-0.05, 0) is 49.2 Å². The standard InChI is InChI=1S/C20H25ClN2O4S/c1-4-18(23(28(3,25)26)17-11-9-16(21)10-12-17)20(24)22-13-14-27-19-8-6-5-7-15(19)2/h5-12,18H,4,13-14H2,1-3H3,(H,22,24)/t18-/m0/s1. The van der Waals surface area contributed by atoms with Crippen LogP contribution in [0.1, 0.15) is 18.9 Å². The summed E-state index contributed by atoms with van der Waals surface area (Å²) in [6.45, 7) is 4.26. The number of aryl methyl sites for hydroxylation is 1. The van der Waals surface area contributed by atoms with Crippen LogP contribution in [0.2, 0.25) is 5.02 Å². The van der Waals surface area contributed by atoms with Crippen molar-refractivity contribution >= 4 is 33.2 Å². The maximum absolute atomic E-state index is 12.7. The molecule has 8 heteroatoms. The van der Waals surface area contributed by atoms with Gasteiger partial charge in [-0.25, -0.2) is 8.42 Å². The summed E-state index contributed by atoms with van der Waals surface area (Å²) >= 11 is 5.89. The molecule has 1 atom stereocenters. The smallest absolute Gasteiger partial charge is 0.244 e. The largest absolute Gasteiger partial charge is 0.491 e. The predicted octanol–water partition coefficient (Wildman–Crippen LogP) is 3.39. The molecule has 6 nitrogen and oxygen atoms in total. The zero-order valence-electron chi connectivity index (χ0n) is 16.2. The number of carbonyl (C=O) groups excluding carboxylic acids is 1. The van der Waals surface area contributed by atoms with Gasteiger partial charge in [-0.15, -0.1) is 0 Å². The van der Waals surface area contributed by atoms with Gasteiger partial charge < -0.3 is 10.1 Å². The number of ether oxygens (including phenoxy) is 1. The van der Waals surface area contributed by atoms with Crippen molar-refractivity contribution in [1.29, 1.82) is 0 Å². The SMILES string of the molecule is CC[C@@H](C(=O)NCCOc1ccccc1C)N(c1ccc(Cl)cc1)S(C)(=O)=O. The average Bonchev–Trinajstić information content (AvgIpc) is 2.64. The Morgan fingerprint density at radius 1 is 1.18 bits per heavy atom. The molecule has 1 N–H and O–H groups in total. The van der Waals surface area contributed by atoms with E-state index in [4.69, 9.17) is 16.3 Å². The van der Waals surface area contributed by atoms with Crippen molar-refractivity contribution in [3.8, 4) is 5.75 Å². The van der Waals surface area contributed by atoms with Crippen LogP contribution < -0.4 is 14.4 Å². The van der Waals surface area contributed by atoms with Crippen LogP contribution in [0.4, 0.5) is 5.69 Å². The van der Waals surface area contributed by atoms with E-state index in [1.54, 1.807) is 31.2 Å². The third kappa shape index (κ3) is 5.87. The number of carbonyl (C=O) groups is 1. The van der Waals surface area contributed by atoms with Crippen LogP contribution in [0.25, 0.3) is 0 Å². The maximum atomic E-state index is 12.7. The number of benzene rings is 2. The van der Waals surface area contributed by atoms with Crippen molar-refractivity contribution in [3.05, 3.63) is 59.1 Å². The highest BCUT2D eigenvalue weighted by molar-refractivity contribution is 7.92. The Hall–Kier alpha value is -2.25. The number of amides is 1. The molecule has 0 aromatic heterocycles. The van der Waals surface area contributed by atoms with E-state index < -0.39 is 16.1 Å². The number of halogens is 1. The quantitative estimate of drug-likeness (QED) is 0.626. The summed E-state index contributed by atoms with van der Waals surface area (Å²) in [7, 11) is -3.67. The van der Waals surface area contributed by atoms with Gasteiger partial charge >= 0.3 is 0 Å². The second kappa shape index (κ2) is 9.80. The van der Waals surface area contributed by atoms with Crippen LogP contribution in [0.15, 0.2) is 48.5 Å². The molecular weight excluding hydrogens is 400 g/mol. The lowest BCUT2D eigenvalue weighted by Gasteiger charge is -2.30. The van der Waals surface area contributed by atoms with Gasteiger partial charge in [0.2, 0.25) is 15.9 Å². The minimum Gasteiger partial charge on any atom is -0.491 e. The number of sulfonamides is 1. The molecule has 152 valence electrons. The molecule has 0 aliphatic rings. The first-order valence-corrected chi connectivity index (χ1v) is 11.2. The number of rotatable bonds is 9. The lowest BCUT2D eigenvalue weighted by atomic mass is 10.2. The molecule has 0 fully saturated rings. The lowest BCUT2D eigenvalue weighted by molar-refractivity contribution is -0.122. The summed E-state index contributed by atoms with van der Waals surface area (Å²) < 4.78 is 31.5. The Labute approximate surface area is 171 Å². The molecule has 0 bridgehead atoms. The van der Waals surface area contributed by atoms with E-state index in [0.29, 0.717) is 17.1 Å². The number of nitrogens with zero attached hydrogens (tertiary/aromatic N) is 1. The summed E-state index contributed by atoms with van der Waals surface area (Å²) in [6.07, 6.45) is 1.40. The normalized spacial score (nSPS) is 12.3. The van der Waals surface area contributed by atoms with Crippen LogP contribution in [-0.2, 0) is 14.8 Å². The van der Waals surface area contributed by atoms with Gasteiger partial charge in [0.05, 0.1) is 18.5 Å². The number of para-hydroxylation sites is 1. The molecule has 2 aromatic rings. The van der Waals surface area contributed by atoms with Crippen LogP contribution >= 0.6 is 11.6 Å². The second-order valence-electron chi connectivity index (χ2n) is 6.36. The molecule has 28 heavy (non-hydrogen) atoms. The Balaban J connectivity index is 2.05. The molecule has 0 aliphatic heterocycles. The zero-order valence-corrected chi connectivity index (χ0v) is 17.8. The van der Waals surface area contributed by atoms with E-state index in [1.807, 2.05) is 31.2 Å². The predicted molar refractivity (Wildman–Crippen MR) is 113 cm³/mol. The minimum absolute atomic E-state index is 0.266. The minimum atomic E-state index is -3.67. The highest BCUT2D eigenvalue weighted by Crippen LogP contribution is 2.24. The molecule has 0 heterocycles. The van der Waals surface area contributed by atoms with Gasteiger partial charge in [-0.1, -0.05) is 36.7 Å². The number of nitrogens with one attached hydrogen (secondary N) is 1. The van der Waals surface area contributed by atoms with Crippen molar-refractivity contribution in [2.75, 3.05) is 23.7 Å². The monoisotopic (exact) mass is 424 g/mol. The number of anilines is 1. The molecule has 0 spiro atoms. The lowest BCUT2D eigenvalue weighted by Crippen LogP contribution is -2.50. The Morgan fingerprint density at radius 3 is 2.39 bits per heavy atom. The van der Waals surface area contributed by atoms with Gasteiger partial charge in [-0.3, -0.25) is 9.10 Å². The molecule has 0 saturated heterocycles. The van der Waals surface area contributed by atoms with E-state index in [1.165, 1.54) is 0 Å². The van der Waals surface area contributed by atoms with Crippen molar-refractivity contribution in [2.24, 2.45) is 0 Å². The van der Waals surface area contributed by atoms with Crippen LogP contribution in [0, 0.1) is 6.92 Å². The Bertz CT molecular complexity index is 901. The topological polar surface area (TPSA) is 75.7 Å². The maximum Gasteiger partial charge on any atom is 0.244 e. The fourth-order valence-electron chi connectivity index (χ4n) is 2.82. The molecule has 1 amide bonds. The second-order valence-corrected chi connectivity index (χ2v) is 8.66. The van der Waals surface area contributed by atoms with E-state index in [2.05, 4.69) is 5.32 Å². The van der Waals surface area contributed by atoms with E-state index in [0.717, 1.165) is 21.9 Å². The zero-order chi connectivity index (χ0) is 20.7. The Morgan fingerprint density at radius 2 is 1.82 bits per heavy atom. The molecule has 0 aliphatic carbocycles.